The molecule has 57 valence electrons. The summed E-state index contributed by atoms with van der Waals surface area (Å²) in [6, 6.07) is 0. The lowest BCUT2D eigenvalue weighted by atomic mass is 10.3. The molecule has 0 aromatic rings. The van der Waals surface area contributed by atoms with Crippen molar-refractivity contribution in [3.8, 4) is 0 Å². The highest BCUT2D eigenvalue weighted by Crippen LogP contribution is 2.06. The van der Waals surface area contributed by atoms with Gasteiger partial charge in [0, 0.05) is 6.61 Å². The first-order valence-electron chi connectivity index (χ1n) is 2.19. The van der Waals surface area contributed by atoms with Gasteiger partial charge >= 0.3 is 7.25 Å². The first-order chi connectivity index (χ1) is 3.91. The second-order valence-corrected chi connectivity index (χ2v) is 1.07. The molecule has 9 heavy (non-hydrogen) atoms. The zero-order valence-electron chi connectivity index (χ0n) is 4.66. The summed E-state index contributed by atoms with van der Waals surface area (Å²) in [5.41, 5.74) is 0. The van der Waals surface area contributed by atoms with Gasteiger partial charge in [-0.25, -0.2) is 0 Å². The second kappa shape index (κ2) is 5.87. The number of hydrogen-bond donors (Lipinski definition) is 1. The predicted octanol–water partition coefficient (Wildman–Crippen LogP) is 1.50. The Kier molecular flexibility index (Phi) is 7.53. The van der Waals surface area contributed by atoms with E-state index in [0.717, 1.165) is 0 Å². The van der Waals surface area contributed by atoms with Crippen LogP contribution in [0.4, 0.5) is 17.3 Å². The summed E-state index contributed by atoms with van der Waals surface area (Å²) in [5, 5.41) is 7.81. The highest BCUT2D eigenvalue weighted by Gasteiger charge is 2.20. The van der Waals surface area contributed by atoms with Crippen LogP contribution in [0.3, 0.4) is 0 Å². The molecule has 0 heterocycles. The Morgan fingerprint density at radius 2 is 1.33 bits per heavy atom. The van der Waals surface area contributed by atoms with Crippen LogP contribution in [-0.2, 0) is 0 Å². The van der Waals surface area contributed by atoms with Gasteiger partial charge in [0.15, 0.2) is 0 Å². The van der Waals surface area contributed by atoms with Crippen LogP contribution in [-0.4, -0.2) is 19.0 Å². The molecule has 0 saturated carbocycles. The molecular formula is C3H7BF4O-. The molecule has 6 heteroatoms. The average Bonchev–Trinajstić information content (AvgIpc) is 1.61. The number of halogens is 4. The van der Waals surface area contributed by atoms with Gasteiger partial charge in [0.25, 0.3) is 0 Å². The van der Waals surface area contributed by atoms with Gasteiger partial charge in [0.1, 0.15) is 0 Å². The zero-order chi connectivity index (χ0) is 7.91. The van der Waals surface area contributed by atoms with E-state index in [1.54, 1.807) is 0 Å². The summed E-state index contributed by atoms with van der Waals surface area (Å²) in [5.74, 6) is 0. The molecule has 1 N–H and O–H groups in total. The second-order valence-electron chi connectivity index (χ2n) is 1.07. The zero-order valence-corrected chi connectivity index (χ0v) is 4.66. The topological polar surface area (TPSA) is 20.2 Å². The maximum Gasteiger partial charge on any atom is 0.673 e. The Bertz CT molecular complexity index is 46.3. The molecule has 0 bridgehead atoms. The van der Waals surface area contributed by atoms with E-state index in [0.29, 0.717) is 6.42 Å². The van der Waals surface area contributed by atoms with E-state index in [9.17, 15) is 17.3 Å². The molecule has 0 atom stereocenters. The van der Waals surface area contributed by atoms with Gasteiger partial charge in [0.05, 0.1) is 0 Å². The van der Waals surface area contributed by atoms with Gasteiger partial charge in [-0.3, -0.25) is 0 Å². The minimum Gasteiger partial charge on any atom is -0.418 e. The molecule has 0 unspecified atom stereocenters. The Balaban J connectivity index is 0. The summed E-state index contributed by atoms with van der Waals surface area (Å²) in [6.45, 7) is 3.56. The summed E-state index contributed by atoms with van der Waals surface area (Å²) in [7, 11) is -6.00. The van der Waals surface area contributed by atoms with E-state index in [4.69, 9.17) is 5.11 Å². The molecule has 0 aliphatic rings. The third kappa shape index (κ3) is 461. The normalized spacial score (nSPS) is 10.0. The Morgan fingerprint density at radius 1 is 1.22 bits per heavy atom. The van der Waals surface area contributed by atoms with Crippen molar-refractivity contribution in [1.82, 2.24) is 0 Å². The van der Waals surface area contributed by atoms with Crippen LogP contribution >= 0.6 is 0 Å². The smallest absolute Gasteiger partial charge is 0.418 e. The van der Waals surface area contributed by atoms with E-state index in [-0.39, 0.29) is 6.61 Å². The number of aliphatic hydroxyl groups is 1. The number of aliphatic hydroxyl groups excluding tert-OH is 1. The monoisotopic (exact) mass is 146 g/mol. The maximum absolute atomic E-state index is 9.75. The van der Waals surface area contributed by atoms with E-state index in [1.165, 1.54) is 0 Å². The Labute approximate surface area is 50.8 Å². The maximum atomic E-state index is 9.75. The van der Waals surface area contributed by atoms with E-state index < -0.39 is 7.25 Å². The Hall–Kier alpha value is -0.255. The van der Waals surface area contributed by atoms with Crippen molar-refractivity contribution in [3.63, 3.8) is 0 Å². The average molecular weight is 146 g/mol. The quantitative estimate of drug-likeness (QED) is 0.438. The summed E-state index contributed by atoms with van der Waals surface area (Å²) in [4.78, 5) is 0. The summed E-state index contributed by atoms with van der Waals surface area (Å²) < 4.78 is 39.0. The molecule has 1 radical (unpaired) electrons. The molecule has 0 aromatic heterocycles. The van der Waals surface area contributed by atoms with Crippen molar-refractivity contribution in [2.24, 2.45) is 0 Å². The van der Waals surface area contributed by atoms with Gasteiger partial charge in [0.2, 0.25) is 0 Å². The van der Waals surface area contributed by atoms with Gasteiger partial charge in [-0.1, -0.05) is 6.92 Å². The van der Waals surface area contributed by atoms with Crippen molar-refractivity contribution in [1.29, 1.82) is 0 Å². The van der Waals surface area contributed by atoms with Crippen LogP contribution < -0.4 is 0 Å². The van der Waals surface area contributed by atoms with E-state index >= 15 is 0 Å². The lowest BCUT2D eigenvalue weighted by Crippen LogP contribution is -2.02. The van der Waals surface area contributed by atoms with Gasteiger partial charge in [-0.2, -0.15) is 0 Å². The van der Waals surface area contributed by atoms with Crippen molar-refractivity contribution in [3.05, 3.63) is 6.92 Å². The fraction of sp³-hybridized carbons (Fsp3) is 0.667. The molecule has 0 amide bonds. The lowest BCUT2D eigenvalue weighted by Gasteiger charge is -1.94. The molecule has 0 saturated heterocycles. The minimum absolute atomic E-state index is 0.208. The third-order valence-electron chi connectivity index (χ3n) is 0.158. The van der Waals surface area contributed by atoms with Crippen LogP contribution in [0.5, 0.6) is 0 Å². The molecule has 0 rings (SSSR count). The van der Waals surface area contributed by atoms with Crippen molar-refractivity contribution < 1.29 is 22.4 Å². The highest BCUT2D eigenvalue weighted by atomic mass is 19.5. The van der Waals surface area contributed by atoms with E-state index in [1.807, 2.05) is 0 Å². The van der Waals surface area contributed by atoms with Gasteiger partial charge in [-0.05, 0) is 6.42 Å². The van der Waals surface area contributed by atoms with Crippen LogP contribution in [0, 0.1) is 6.92 Å². The molecule has 1 nitrogen and oxygen atoms in total. The summed E-state index contributed by atoms with van der Waals surface area (Å²) in [6.07, 6.45) is 0.625. The lowest BCUT2D eigenvalue weighted by molar-refractivity contribution is 0.302. The number of rotatable bonds is 1. The summed E-state index contributed by atoms with van der Waals surface area (Å²) >= 11 is 0. The van der Waals surface area contributed by atoms with Crippen molar-refractivity contribution >= 4 is 7.25 Å². The standard InChI is InChI=1S/C3H7O.BF4/c1-2-3-4;2-1(3,4)5/h4H,1-3H2;/q;-1. The minimum atomic E-state index is -6.00. The first-order valence-corrected chi connectivity index (χ1v) is 2.19. The predicted molar refractivity (Wildman–Crippen MR) is 27.2 cm³/mol. The van der Waals surface area contributed by atoms with Gasteiger partial charge < -0.3 is 22.4 Å². The molecule has 0 aliphatic heterocycles. The fourth-order valence-electron chi connectivity index (χ4n) is 0. The highest BCUT2D eigenvalue weighted by molar-refractivity contribution is 6.50. The molecule has 0 aromatic carbocycles. The van der Waals surface area contributed by atoms with E-state index in [2.05, 4.69) is 6.92 Å². The largest absolute Gasteiger partial charge is 0.673 e. The molecule has 0 aliphatic carbocycles. The first kappa shape index (κ1) is 11.5. The molecule has 0 spiro atoms. The molecule has 0 fully saturated rings. The van der Waals surface area contributed by atoms with Crippen LogP contribution in [0.25, 0.3) is 0 Å². The SMILES string of the molecule is F[B-](F)(F)F.[CH2]CCO. The van der Waals surface area contributed by atoms with Gasteiger partial charge in [-0.15, -0.1) is 0 Å². The third-order valence-corrected chi connectivity index (χ3v) is 0.158. The van der Waals surface area contributed by atoms with Crippen molar-refractivity contribution in [2.75, 3.05) is 6.61 Å². The molecular weight excluding hydrogens is 139 g/mol. The fourth-order valence-corrected chi connectivity index (χ4v) is 0. The number of hydrogen-bond acceptors (Lipinski definition) is 1. The van der Waals surface area contributed by atoms with Crippen LogP contribution in [0.1, 0.15) is 6.42 Å². The van der Waals surface area contributed by atoms with Crippen molar-refractivity contribution in [2.45, 2.75) is 6.42 Å². The Morgan fingerprint density at radius 3 is 1.33 bits per heavy atom. The van der Waals surface area contributed by atoms with Crippen LogP contribution in [0.2, 0.25) is 0 Å². The van der Waals surface area contributed by atoms with Crippen LogP contribution in [0.15, 0.2) is 0 Å².